The topological polar surface area (TPSA) is 38.0 Å². The maximum absolute atomic E-state index is 6.33. The summed E-state index contributed by atoms with van der Waals surface area (Å²) in [5.74, 6) is 0. The molecule has 0 bridgehead atoms. The average molecular weight is 230 g/mol. The third kappa shape index (κ3) is 2.38. The Balaban J connectivity index is 1.70. The molecule has 0 radical (unpaired) electrons. The van der Waals surface area contributed by atoms with Crippen LogP contribution in [0.3, 0.4) is 0 Å². The molecule has 0 aromatic heterocycles. The zero-order valence-corrected chi connectivity index (χ0v) is 10.4. The molecule has 2 unspecified atom stereocenters. The minimum Gasteiger partial charge on any atom is -0.324 e. The van der Waals surface area contributed by atoms with E-state index in [9.17, 15) is 0 Å². The molecule has 0 amide bonds. The number of nitrogens with two attached hydrogens (primary N) is 1. The van der Waals surface area contributed by atoms with Crippen molar-refractivity contribution in [2.75, 3.05) is 6.54 Å². The van der Waals surface area contributed by atoms with Crippen LogP contribution >= 0.6 is 0 Å². The van der Waals surface area contributed by atoms with Gasteiger partial charge < -0.3 is 11.1 Å². The maximum atomic E-state index is 6.33. The molecule has 1 aliphatic heterocycles. The van der Waals surface area contributed by atoms with E-state index in [0.717, 1.165) is 6.42 Å². The Morgan fingerprint density at radius 1 is 1.24 bits per heavy atom. The van der Waals surface area contributed by atoms with E-state index in [0.29, 0.717) is 6.04 Å². The normalized spacial score (nSPS) is 24.9. The molecule has 1 fully saturated rings. The number of hydrogen-bond acceptors (Lipinski definition) is 2. The van der Waals surface area contributed by atoms with Gasteiger partial charge in [-0.05, 0) is 61.8 Å². The van der Waals surface area contributed by atoms with E-state index in [1.807, 2.05) is 0 Å². The van der Waals surface area contributed by atoms with E-state index in [2.05, 4.69) is 23.5 Å². The second-order valence-electron chi connectivity index (χ2n) is 5.52. The highest BCUT2D eigenvalue weighted by Crippen LogP contribution is 2.27. The molecule has 17 heavy (non-hydrogen) atoms. The Morgan fingerprint density at radius 2 is 2.12 bits per heavy atom. The van der Waals surface area contributed by atoms with Crippen LogP contribution in [-0.2, 0) is 12.8 Å². The van der Waals surface area contributed by atoms with Crippen molar-refractivity contribution in [3.8, 4) is 0 Å². The molecule has 1 heterocycles. The first-order chi connectivity index (χ1) is 8.33. The Bertz CT molecular complexity index is 394. The van der Waals surface area contributed by atoms with Crippen LogP contribution in [0.1, 0.15) is 48.4 Å². The fourth-order valence-corrected chi connectivity index (χ4v) is 3.22. The maximum Gasteiger partial charge on any atom is 0.0309 e. The number of nitrogens with one attached hydrogen (secondary N) is 1. The molecular weight excluding hydrogens is 208 g/mol. The standard InChI is InChI=1S/C15H22N2/c16-15(10-14-5-2-8-17-14)13-7-6-11-3-1-4-12(11)9-13/h6-7,9,14-15,17H,1-5,8,10,16H2. The summed E-state index contributed by atoms with van der Waals surface area (Å²) in [7, 11) is 0. The lowest BCUT2D eigenvalue weighted by Gasteiger charge is -2.18. The summed E-state index contributed by atoms with van der Waals surface area (Å²) in [5.41, 5.74) is 10.7. The predicted molar refractivity (Wildman–Crippen MR) is 71.0 cm³/mol. The fourth-order valence-electron chi connectivity index (χ4n) is 3.22. The van der Waals surface area contributed by atoms with Gasteiger partial charge in [-0.25, -0.2) is 0 Å². The predicted octanol–water partition coefficient (Wildman–Crippen LogP) is 2.32. The van der Waals surface area contributed by atoms with Crippen molar-refractivity contribution < 1.29 is 0 Å². The fraction of sp³-hybridized carbons (Fsp3) is 0.600. The van der Waals surface area contributed by atoms with Crippen molar-refractivity contribution in [3.05, 3.63) is 34.9 Å². The highest BCUT2D eigenvalue weighted by atomic mass is 14.9. The number of fused-ring (bicyclic) bond motifs is 1. The summed E-state index contributed by atoms with van der Waals surface area (Å²) in [6, 6.07) is 7.72. The Kier molecular flexibility index (Phi) is 3.17. The van der Waals surface area contributed by atoms with Gasteiger partial charge in [0, 0.05) is 12.1 Å². The van der Waals surface area contributed by atoms with Gasteiger partial charge in [-0.15, -0.1) is 0 Å². The van der Waals surface area contributed by atoms with Gasteiger partial charge in [-0.3, -0.25) is 0 Å². The van der Waals surface area contributed by atoms with Crippen LogP contribution < -0.4 is 11.1 Å². The van der Waals surface area contributed by atoms with Gasteiger partial charge in [0.15, 0.2) is 0 Å². The number of benzene rings is 1. The lowest BCUT2D eigenvalue weighted by Crippen LogP contribution is -2.26. The van der Waals surface area contributed by atoms with Gasteiger partial charge in [-0.2, -0.15) is 0 Å². The second-order valence-corrected chi connectivity index (χ2v) is 5.52. The van der Waals surface area contributed by atoms with E-state index in [4.69, 9.17) is 5.73 Å². The SMILES string of the molecule is NC(CC1CCCN1)c1ccc2c(c1)CCC2. The number of aryl methyl sites for hydroxylation is 2. The molecule has 3 rings (SSSR count). The molecule has 2 atom stereocenters. The van der Waals surface area contributed by atoms with E-state index in [1.165, 1.54) is 49.8 Å². The summed E-state index contributed by atoms with van der Waals surface area (Å²) in [5, 5.41) is 3.53. The molecule has 1 aromatic rings. The molecule has 0 spiro atoms. The van der Waals surface area contributed by atoms with E-state index < -0.39 is 0 Å². The van der Waals surface area contributed by atoms with Crippen LogP contribution in [-0.4, -0.2) is 12.6 Å². The van der Waals surface area contributed by atoms with Crippen molar-refractivity contribution in [2.24, 2.45) is 5.73 Å². The lowest BCUT2D eigenvalue weighted by atomic mass is 9.96. The van der Waals surface area contributed by atoms with Gasteiger partial charge in [-0.1, -0.05) is 18.2 Å². The molecule has 2 heteroatoms. The van der Waals surface area contributed by atoms with Gasteiger partial charge >= 0.3 is 0 Å². The summed E-state index contributed by atoms with van der Waals surface area (Å²) in [6.45, 7) is 1.17. The summed E-state index contributed by atoms with van der Waals surface area (Å²) in [6.07, 6.45) is 7.50. The van der Waals surface area contributed by atoms with Crippen molar-refractivity contribution in [3.63, 3.8) is 0 Å². The lowest BCUT2D eigenvalue weighted by molar-refractivity contribution is 0.499. The minimum absolute atomic E-state index is 0.205. The monoisotopic (exact) mass is 230 g/mol. The van der Waals surface area contributed by atoms with Gasteiger partial charge in [0.2, 0.25) is 0 Å². The van der Waals surface area contributed by atoms with Gasteiger partial charge in [0.05, 0.1) is 0 Å². The molecule has 1 aliphatic carbocycles. The highest BCUT2D eigenvalue weighted by molar-refractivity contribution is 5.36. The van der Waals surface area contributed by atoms with Gasteiger partial charge in [0.1, 0.15) is 0 Å². The largest absolute Gasteiger partial charge is 0.324 e. The molecule has 1 saturated heterocycles. The summed E-state index contributed by atoms with van der Waals surface area (Å²) in [4.78, 5) is 0. The van der Waals surface area contributed by atoms with Crippen molar-refractivity contribution in [1.82, 2.24) is 5.32 Å². The Labute approximate surface area is 104 Å². The van der Waals surface area contributed by atoms with Crippen LogP contribution in [0.5, 0.6) is 0 Å². The van der Waals surface area contributed by atoms with Crippen LogP contribution in [0, 0.1) is 0 Å². The quantitative estimate of drug-likeness (QED) is 0.836. The second kappa shape index (κ2) is 4.79. The third-order valence-electron chi connectivity index (χ3n) is 4.25. The van der Waals surface area contributed by atoms with Gasteiger partial charge in [0.25, 0.3) is 0 Å². The van der Waals surface area contributed by atoms with Crippen molar-refractivity contribution >= 4 is 0 Å². The minimum atomic E-state index is 0.205. The highest BCUT2D eigenvalue weighted by Gasteiger charge is 2.19. The van der Waals surface area contributed by atoms with Crippen molar-refractivity contribution in [1.29, 1.82) is 0 Å². The molecule has 2 aliphatic rings. The van der Waals surface area contributed by atoms with Crippen molar-refractivity contribution in [2.45, 2.75) is 50.6 Å². The number of rotatable bonds is 3. The molecule has 2 nitrogen and oxygen atoms in total. The molecule has 1 aromatic carbocycles. The molecule has 0 saturated carbocycles. The molecule has 92 valence electrons. The first-order valence-corrected chi connectivity index (χ1v) is 6.93. The first kappa shape index (κ1) is 11.2. The van der Waals surface area contributed by atoms with E-state index in [1.54, 1.807) is 5.56 Å². The summed E-state index contributed by atoms with van der Waals surface area (Å²) >= 11 is 0. The third-order valence-corrected chi connectivity index (χ3v) is 4.25. The van der Waals surface area contributed by atoms with E-state index in [-0.39, 0.29) is 6.04 Å². The molecule has 3 N–H and O–H groups in total. The van der Waals surface area contributed by atoms with Crippen LogP contribution in [0.25, 0.3) is 0 Å². The van der Waals surface area contributed by atoms with E-state index >= 15 is 0 Å². The van der Waals surface area contributed by atoms with Crippen LogP contribution in [0.4, 0.5) is 0 Å². The Hall–Kier alpha value is -0.860. The smallest absolute Gasteiger partial charge is 0.0309 e. The van der Waals surface area contributed by atoms with Crippen LogP contribution in [0.15, 0.2) is 18.2 Å². The zero-order valence-electron chi connectivity index (χ0n) is 10.4. The first-order valence-electron chi connectivity index (χ1n) is 6.93. The summed E-state index contributed by atoms with van der Waals surface area (Å²) < 4.78 is 0. The number of hydrogen-bond donors (Lipinski definition) is 2. The zero-order chi connectivity index (χ0) is 11.7. The van der Waals surface area contributed by atoms with Crippen LogP contribution in [0.2, 0.25) is 0 Å². The Morgan fingerprint density at radius 3 is 2.94 bits per heavy atom. The average Bonchev–Trinajstić information content (AvgIpc) is 2.97. The molecular formula is C15H22N2.